The van der Waals surface area contributed by atoms with Crippen LogP contribution in [0.5, 0.6) is 5.75 Å². The highest BCUT2D eigenvalue weighted by Crippen LogP contribution is 2.48. The van der Waals surface area contributed by atoms with E-state index in [1.165, 1.54) is 5.56 Å². The second kappa shape index (κ2) is 6.71. The van der Waals surface area contributed by atoms with Gasteiger partial charge >= 0.3 is 12.0 Å². The number of benzene rings is 1. The number of nitrogens with one attached hydrogen (secondary N) is 1. The number of ether oxygens (including phenoxy) is 1. The van der Waals surface area contributed by atoms with Gasteiger partial charge in [0.1, 0.15) is 5.75 Å². The zero-order valence-electron chi connectivity index (χ0n) is 14.0. The highest BCUT2D eigenvalue weighted by Gasteiger charge is 2.44. The molecule has 0 radical (unpaired) electrons. The van der Waals surface area contributed by atoms with Gasteiger partial charge in [0.05, 0.1) is 13.0 Å². The van der Waals surface area contributed by atoms with Crippen molar-refractivity contribution in [1.29, 1.82) is 0 Å². The summed E-state index contributed by atoms with van der Waals surface area (Å²) in [5.74, 6) is -0.439. The molecule has 3 rings (SSSR count). The molecule has 6 heteroatoms. The first kappa shape index (κ1) is 16.6. The third kappa shape index (κ3) is 3.47. The molecule has 2 fully saturated rings. The summed E-state index contributed by atoms with van der Waals surface area (Å²) in [6, 6.07) is 7.83. The van der Waals surface area contributed by atoms with Crippen molar-refractivity contribution in [1.82, 2.24) is 10.2 Å². The summed E-state index contributed by atoms with van der Waals surface area (Å²) in [7, 11) is 1.65. The summed E-state index contributed by atoms with van der Waals surface area (Å²) >= 11 is 0. The van der Waals surface area contributed by atoms with Gasteiger partial charge in [0.15, 0.2) is 0 Å². The van der Waals surface area contributed by atoms with Gasteiger partial charge in [-0.05, 0) is 43.4 Å². The number of rotatable bonds is 5. The third-order valence-corrected chi connectivity index (χ3v) is 5.17. The largest absolute Gasteiger partial charge is 0.497 e. The fourth-order valence-corrected chi connectivity index (χ4v) is 3.39. The van der Waals surface area contributed by atoms with Crippen LogP contribution < -0.4 is 10.1 Å². The molecule has 130 valence electrons. The molecule has 1 saturated heterocycles. The predicted molar refractivity (Wildman–Crippen MR) is 89.2 cm³/mol. The molecule has 24 heavy (non-hydrogen) atoms. The van der Waals surface area contributed by atoms with Gasteiger partial charge in [0.25, 0.3) is 0 Å². The number of hydrogen-bond acceptors (Lipinski definition) is 3. The first-order chi connectivity index (χ1) is 11.5. The Kier molecular flexibility index (Phi) is 4.64. The number of amides is 2. The van der Waals surface area contributed by atoms with Gasteiger partial charge < -0.3 is 20.1 Å². The van der Waals surface area contributed by atoms with Crippen molar-refractivity contribution in [2.45, 2.75) is 31.1 Å². The van der Waals surface area contributed by atoms with Crippen LogP contribution in [0, 0.1) is 5.92 Å². The van der Waals surface area contributed by atoms with Crippen molar-refractivity contribution in [3.8, 4) is 5.75 Å². The predicted octanol–water partition coefficient (Wildman–Crippen LogP) is 2.23. The number of piperidine rings is 1. The Balaban J connectivity index is 1.58. The molecule has 1 aromatic carbocycles. The van der Waals surface area contributed by atoms with Crippen molar-refractivity contribution in [3.05, 3.63) is 29.8 Å². The second-order valence-electron chi connectivity index (χ2n) is 6.79. The number of carboxylic acids is 1. The molecule has 6 nitrogen and oxygen atoms in total. The van der Waals surface area contributed by atoms with Crippen LogP contribution in [0.1, 0.15) is 31.2 Å². The number of aliphatic carboxylic acids is 1. The zero-order chi connectivity index (χ0) is 17.2. The molecule has 1 heterocycles. The van der Waals surface area contributed by atoms with E-state index in [9.17, 15) is 9.59 Å². The maximum atomic E-state index is 12.4. The molecule has 0 bridgehead atoms. The number of methoxy groups -OCH3 is 1. The van der Waals surface area contributed by atoms with Crippen molar-refractivity contribution < 1.29 is 19.4 Å². The molecule has 1 saturated carbocycles. The molecule has 2 amide bonds. The Morgan fingerprint density at radius 1 is 1.42 bits per heavy atom. The molecule has 2 N–H and O–H groups in total. The van der Waals surface area contributed by atoms with E-state index in [1.54, 1.807) is 12.0 Å². The molecule has 0 spiro atoms. The Hall–Kier alpha value is -2.24. The normalized spacial score (nSPS) is 21.9. The number of hydrogen-bond donors (Lipinski definition) is 2. The molecule has 1 aliphatic heterocycles. The van der Waals surface area contributed by atoms with Crippen LogP contribution in [0.25, 0.3) is 0 Å². The third-order valence-electron chi connectivity index (χ3n) is 5.17. The number of carboxylic acid groups (broad SMARTS) is 1. The van der Waals surface area contributed by atoms with E-state index in [4.69, 9.17) is 9.84 Å². The summed E-state index contributed by atoms with van der Waals surface area (Å²) in [4.78, 5) is 25.1. The standard InChI is InChI=1S/C18H24N2O4/c1-24-15-6-2-5-14(10-15)18(7-8-18)12-19-17(23)20-9-3-4-13(11-20)16(21)22/h2,5-6,10,13H,3-4,7-9,11-12H2,1H3,(H,19,23)(H,21,22). The monoisotopic (exact) mass is 332 g/mol. The second-order valence-corrected chi connectivity index (χ2v) is 6.79. The van der Waals surface area contributed by atoms with Crippen molar-refractivity contribution >= 4 is 12.0 Å². The number of nitrogens with zero attached hydrogens (tertiary/aromatic N) is 1. The van der Waals surface area contributed by atoms with Crippen LogP contribution in [0.4, 0.5) is 4.79 Å². The lowest BCUT2D eigenvalue weighted by molar-refractivity contribution is -0.143. The first-order valence-electron chi connectivity index (χ1n) is 8.44. The van der Waals surface area contributed by atoms with Crippen LogP contribution in [0.3, 0.4) is 0 Å². The highest BCUT2D eigenvalue weighted by molar-refractivity contribution is 5.76. The number of likely N-dealkylation sites (tertiary alicyclic amines) is 1. The summed E-state index contributed by atoms with van der Waals surface area (Å²) in [6.45, 7) is 1.50. The van der Waals surface area contributed by atoms with E-state index in [-0.39, 0.29) is 11.4 Å². The Bertz CT molecular complexity index is 627. The summed E-state index contributed by atoms with van der Waals surface area (Å²) in [5.41, 5.74) is 1.18. The van der Waals surface area contributed by atoms with Gasteiger partial charge in [-0.1, -0.05) is 12.1 Å². The SMILES string of the molecule is COc1cccc(C2(CNC(=O)N3CCCC(C(=O)O)C3)CC2)c1. The van der Waals surface area contributed by atoms with Crippen LogP contribution in [0.15, 0.2) is 24.3 Å². The molecule has 1 aliphatic carbocycles. The smallest absolute Gasteiger partial charge is 0.317 e. The van der Waals surface area contributed by atoms with Gasteiger partial charge in [0.2, 0.25) is 0 Å². The van der Waals surface area contributed by atoms with Crippen LogP contribution in [0.2, 0.25) is 0 Å². The number of urea groups is 1. The minimum Gasteiger partial charge on any atom is -0.497 e. The van der Waals surface area contributed by atoms with Crippen molar-refractivity contribution in [2.75, 3.05) is 26.7 Å². The van der Waals surface area contributed by atoms with E-state index >= 15 is 0 Å². The van der Waals surface area contributed by atoms with E-state index < -0.39 is 11.9 Å². The fourth-order valence-electron chi connectivity index (χ4n) is 3.39. The molecule has 1 aromatic rings. The highest BCUT2D eigenvalue weighted by atomic mass is 16.5. The maximum absolute atomic E-state index is 12.4. The first-order valence-corrected chi connectivity index (χ1v) is 8.44. The van der Waals surface area contributed by atoms with E-state index in [0.29, 0.717) is 26.1 Å². The van der Waals surface area contributed by atoms with E-state index in [2.05, 4.69) is 11.4 Å². The Morgan fingerprint density at radius 3 is 2.88 bits per heavy atom. The number of carbonyl (C=O) groups excluding carboxylic acids is 1. The van der Waals surface area contributed by atoms with Crippen LogP contribution in [-0.2, 0) is 10.2 Å². The zero-order valence-corrected chi connectivity index (χ0v) is 14.0. The molecular formula is C18H24N2O4. The summed E-state index contributed by atoms with van der Waals surface area (Å²) in [5, 5.41) is 12.1. The van der Waals surface area contributed by atoms with Crippen LogP contribution >= 0.6 is 0 Å². The fraction of sp³-hybridized carbons (Fsp3) is 0.556. The van der Waals surface area contributed by atoms with Gasteiger partial charge in [-0.3, -0.25) is 4.79 Å². The van der Waals surface area contributed by atoms with Gasteiger partial charge in [-0.25, -0.2) is 4.79 Å². The quantitative estimate of drug-likeness (QED) is 0.867. The Labute approximate surface area is 141 Å². The topological polar surface area (TPSA) is 78.9 Å². The van der Waals surface area contributed by atoms with Crippen molar-refractivity contribution in [3.63, 3.8) is 0 Å². The van der Waals surface area contributed by atoms with E-state index in [0.717, 1.165) is 25.0 Å². The van der Waals surface area contributed by atoms with Gasteiger partial charge in [0, 0.05) is 25.0 Å². The lowest BCUT2D eigenvalue weighted by Gasteiger charge is -2.31. The summed E-state index contributed by atoms with van der Waals surface area (Å²) in [6.07, 6.45) is 3.47. The van der Waals surface area contributed by atoms with Crippen molar-refractivity contribution in [2.24, 2.45) is 5.92 Å². The Morgan fingerprint density at radius 2 is 2.21 bits per heavy atom. The average Bonchev–Trinajstić information content (AvgIpc) is 3.41. The molecule has 1 atom stereocenters. The summed E-state index contributed by atoms with van der Waals surface area (Å²) < 4.78 is 5.28. The lowest BCUT2D eigenvalue weighted by atomic mass is 9.95. The molecule has 2 aliphatic rings. The minimum absolute atomic E-state index is 0.00775. The molecule has 1 unspecified atom stereocenters. The lowest BCUT2D eigenvalue weighted by Crippen LogP contribution is -2.48. The van der Waals surface area contributed by atoms with Crippen LogP contribution in [-0.4, -0.2) is 48.8 Å². The van der Waals surface area contributed by atoms with Gasteiger partial charge in [-0.15, -0.1) is 0 Å². The molecule has 0 aromatic heterocycles. The molecular weight excluding hydrogens is 308 g/mol. The van der Waals surface area contributed by atoms with Gasteiger partial charge in [-0.2, -0.15) is 0 Å². The van der Waals surface area contributed by atoms with E-state index in [1.807, 2.05) is 18.2 Å². The average molecular weight is 332 g/mol. The number of carbonyl (C=O) groups is 2. The minimum atomic E-state index is -0.817. The maximum Gasteiger partial charge on any atom is 0.317 e.